The highest BCUT2D eigenvalue weighted by atomic mass is 35.5. The fourth-order valence-electron chi connectivity index (χ4n) is 2.33. The second-order valence-corrected chi connectivity index (χ2v) is 6.86. The minimum Gasteiger partial charge on any atom is -0.444 e. The quantitative estimate of drug-likeness (QED) is 0.930. The molecule has 1 saturated heterocycles. The standard InChI is InChI=1S/C16H23ClN2O2/c1-16(2,3)21-15(20)19-8-7-14(11-19)18-10-12-5-4-6-13(17)9-12/h4-6,9,14,18H,7-8,10-11H2,1-3H3. The Morgan fingerprint density at radius 2 is 2.24 bits per heavy atom. The lowest BCUT2D eigenvalue weighted by Crippen LogP contribution is -2.38. The maximum atomic E-state index is 12.0. The molecule has 0 aromatic heterocycles. The molecule has 1 aromatic carbocycles. The molecule has 1 amide bonds. The number of carbonyl (C=O) groups is 1. The molecule has 0 saturated carbocycles. The van der Waals surface area contributed by atoms with Crippen LogP contribution in [0.2, 0.25) is 5.02 Å². The number of hydrogen-bond donors (Lipinski definition) is 1. The van der Waals surface area contributed by atoms with E-state index in [0.29, 0.717) is 12.6 Å². The highest BCUT2D eigenvalue weighted by Crippen LogP contribution is 2.16. The fourth-order valence-corrected chi connectivity index (χ4v) is 2.54. The molecule has 2 rings (SSSR count). The number of rotatable bonds is 3. The number of hydrogen-bond acceptors (Lipinski definition) is 3. The second-order valence-electron chi connectivity index (χ2n) is 6.42. The van der Waals surface area contributed by atoms with Gasteiger partial charge in [0.2, 0.25) is 0 Å². The van der Waals surface area contributed by atoms with Crippen molar-refractivity contribution in [3.63, 3.8) is 0 Å². The van der Waals surface area contributed by atoms with Crippen LogP contribution in [0, 0.1) is 0 Å². The lowest BCUT2D eigenvalue weighted by molar-refractivity contribution is 0.0291. The summed E-state index contributed by atoms with van der Waals surface area (Å²) in [6, 6.07) is 8.11. The SMILES string of the molecule is CC(C)(C)OC(=O)N1CCC(NCc2cccc(Cl)c2)C1. The van der Waals surface area contributed by atoms with Crippen LogP contribution in [0.15, 0.2) is 24.3 Å². The van der Waals surface area contributed by atoms with Gasteiger partial charge in [-0.05, 0) is 44.9 Å². The van der Waals surface area contributed by atoms with E-state index >= 15 is 0 Å². The predicted octanol–water partition coefficient (Wildman–Crippen LogP) is 3.44. The van der Waals surface area contributed by atoms with Gasteiger partial charge in [-0.2, -0.15) is 0 Å². The average Bonchev–Trinajstić information content (AvgIpc) is 2.83. The van der Waals surface area contributed by atoms with Gasteiger partial charge in [0.25, 0.3) is 0 Å². The summed E-state index contributed by atoms with van der Waals surface area (Å²) >= 11 is 5.97. The van der Waals surface area contributed by atoms with Gasteiger partial charge in [-0.1, -0.05) is 23.7 Å². The minimum absolute atomic E-state index is 0.227. The normalized spacial score (nSPS) is 18.9. The van der Waals surface area contributed by atoms with E-state index in [4.69, 9.17) is 16.3 Å². The van der Waals surface area contributed by atoms with E-state index < -0.39 is 5.60 Å². The van der Waals surface area contributed by atoms with Gasteiger partial charge in [0, 0.05) is 30.7 Å². The summed E-state index contributed by atoms with van der Waals surface area (Å²) in [6.45, 7) is 7.84. The Bertz CT molecular complexity index is 499. The number of nitrogens with zero attached hydrogens (tertiary/aromatic N) is 1. The summed E-state index contributed by atoms with van der Waals surface area (Å²) < 4.78 is 5.39. The average molecular weight is 311 g/mol. The summed E-state index contributed by atoms with van der Waals surface area (Å²) in [5.41, 5.74) is 0.710. The second kappa shape index (κ2) is 6.67. The Balaban J connectivity index is 1.79. The zero-order valence-electron chi connectivity index (χ0n) is 12.9. The van der Waals surface area contributed by atoms with Crippen molar-refractivity contribution in [2.75, 3.05) is 13.1 Å². The van der Waals surface area contributed by atoms with Crippen molar-refractivity contribution < 1.29 is 9.53 Å². The van der Waals surface area contributed by atoms with Crippen LogP contribution in [0.1, 0.15) is 32.8 Å². The summed E-state index contributed by atoms with van der Waals surface area (Å²) in [6.07, 6.45) is 0.717. The van der Waals surface area contributed by atoms with E-state index in [1.165, 1.54) is 0 Å². The molecule has 1 aliphatic heterocycles. The zero-order chi connectivity index (χ0) is 15.5. The van der Waals surface area contributed by atoms with Crippen LogP contribution in [0.3, 0.4) is 0 Å². The molecular formula is C16H23ClN2O2. The van der Waals surface area contributed by atoms with Crippen molar-refractivity contribution in [1.29, 1.82) is 0 Å². The molecule has 1 fully saturated rings. The van der Waals surface area contributed by atoms with Crippen LogP contribution in [-0.4, -0.2) is 35.7 Å². The van der Waals surface area contributed by atoms with Crippen LogP contribution in [-0.2, 0) is 11.3 Å². The maximum Gasteiger partial charge on any atom is 0.410 e. The summed E-state index contributed by atoms with van der Waals surface area (Å²) in [5.74, 6) is 0. The fraction of sp³-hybridized carbons (Fsp3) is 0.562. The van der Waals surface area contributed by atoms with E-state index in [9.17, 15) is 4.79 Å². The first-order valence-electron chi connectivity index (χ1n) is 7.29. The van der Waals surface area contributed by atoms with Gasteiger partial charge in [0.15, 0.2) is 0 Å². The van der Waals surface area contributed by atoms with Gasteiger partial charge in [0.05, 0.1) is 0 Å². The van der Waals surface area contributed by atoms with Crippen LogP contribution in [0.4, 0.5) is 4.79 Å². The Morgan fingerprint density at radius 3 is 2.90 bits per heavy atom. The molecule has 0 aliphatic carbocycles. The summed E-state index contributed by atoms with van der Waals surface area (Å²) in [7, 11) is 0. The summed E-state index contributed by atoms with van der Waals surface area (Å²) in [4.78, 5) is 13.7. The number of ether oxygens (including phenoxy) is 1. The van der Waals surface area contributed by atoms with Gasteiger partial charge in [-0.15, -0.1) is 0 Å². The largest absolute Gasteiger partial charge is 0.444 e. The number of halogens is 1. The van der Waals surface area contributed by atoms with E-state index in [1.807, 2.05) is 45.0 Å². The van der Waals surface area contributed by atoms with Crippen molar-refractivity contribution in [1.82, 2.24) is 10.2 Å². The molecule has 0 radical (unpaired) electrons. The molecule has 21 heavy (non-hydrogen) atoms. The molecule has 1 N–H and O–H groups in total. The van der Waals surface area contributed by atoms with Gasteiger partial charge < -0.3 is 15.0 Å². The van der Waals surface area contributed by atoms with Crippen molar-refractivity contribution >= 4 is 17.7 Å². The number of nitrogens with one attached hydrogen (secondary N) is 1. The van der Waals surface area contributed by atoms with Gasteiger partial charge >= 0.3 is 6.09 Å². The molecule has 1 heterocycles. The van der Waals surface area contributed by atoms with Crippen molar-refractivity contribution in [3.05, 3.63) is 34.9 Å². The molecule has 0 bridgehead atoms. The minimum atomic E-state index is -0.441. The Hall–Kier alpha value is -1.26. The third-order valence-electron chi connectivity index (χ3n) is 3.32. The number of likely N-dealkylation sites (tertiary alicyclic amines) is 1. The van der Waals surface area contributed by atoms with Crippen LogP contribution < -0.4 is 5.32 Å². The van der Waals surface area contributed by atoms with Crippen LogP contribution in [0.5, 0.6) is 0 Å². The monoisotopic (exact) mass is 310 g/mol. The smallest absolute Gasteiger partial charge is 0.410 e. The van der Waals surface area contributed by atoms with E-state index in [2.05, 4.69) is 5.32 Å². The molecule has 116 valence electrons. The highest BCUT2D eigenvalue weighted by Gasteiger charge is 2.29. The Labute approximate surface area is 131 Å². The zero-order valence-corrected chi connectivity index (χ0v) is 13.6. The van der Waals surface area contributed by atoms with E-state index in [-0.39, 0.29) is 6.09 Å². The van der Waals surface area contributed by atoms with Crippen molar-refractivity contribution in [2.24, 2.45) is 0 Å². The number of amides is 1. The molecule has 0 spiro atoms. The van der Waals surface area contributed by atoms with E-state index in [1.54, 1.807) is 4.90 Å². The molecule has 4 nitrogen and oxygen atoms in total. The summed E-state index contributed by atoms with van der Waals surface area (Å²) in [5, 5.41) is 4.21. The first kappa shape index (κ1) is 16.1. The van der Waals surface area contributed by atoms with Crippen molar-refractivity contribution in [3.8, 4) is 0 Å². The third kappa shape index (κ3) is 5.21. The molecule has 1 atom stereocenters. The van der Waals surface area contributed by atoms with Gasteiger partial charge in [-0.3, -0.25) is 0 Å². The molecule has 5 heteroatoms. The van der Waals surface area contributed by atoms with Crippen molar-refractivity contribution in [2.45, 2.75) is 45.4 Å². The molecular weight excluding hydrogens is 288 g/mol. The van der Waals surface area contributed by atoms with Gasteiger partial charge in [-0.25, -0.2) is 4.79 Å². The van der Waals surface area contributed by atoms with E-state index in [0.717, 1.165) is 30.1 Å². The Kier molecular flexibility index (Phi) is 5.12. The number of benzene rings is 1. The van der Waals surface area contributed by atoms with Crippen LogP contribution >= 0.6 is 11.6 Å². The predicted molar refractivity (Wildman–Crippen MR) is 84.5 cm³/mol. The first-order valence-corrected chi connectivity index (χ1v) is 7.67. The Morgan fingerprint density at radius 1 is 1.48 bits per heavy atom. The number of carbonyl (C=O) groups excluding carboxylic acids is 1. The molecule has 1 aliphatic rings. The maximum absolute atomic E-state index is 12.0. The van der Waals surface area contributed by atoms with Gasteiger partial charge in [0.1, 0.15) is 5.60 Å². The molecule has 1 aromatic rings. The highest BCUT2D eigenvalue weighted by molar-refractivity contribution is 6.30. The van der Waals surface area contributed by atoms with Crippen LogP contribution in [0.25, 0.3) is 0 Å². The first-order chi connectivity index (χ1) is 9.83. The topological polar surface area (TPSA) is 41.6 Å². The molecule has 1 unspecified atom stereocenters. The third-order valence-corrected chi connectivity index (χ3v) is 3.56. The lowest BCUT2D eigenvalue weighted by Gasteiger charge is -2.24. The lowest BCUT2D eigenvalue weighted by atomic mass is 10.2.